The summed E-state index contributed by atoms with van der Waals surface area (Å²) in [6, 6.07) is 15.5. The predicted octanol–water partition coefficient (Wildman–Crippen LogP) is 4.33. The Bertz CT molecular complexity index is 840. The lowest BCUT2D eigenvalue weighted by Crippen LogP contribution is -2.43. The van der Waals surface area contributed by atoms with Crippen molar-refractivity contribution in [3.63, 3.8) is 0 Å². The SMILES string of the molecule is CC1Cc2cc(NC(=O)NC(C)(C)C)ccc2N(Cc2ccccc2)C1=O. The molecule has 5 heteroatoms. The van der Waals surface area contributed by atoms with Crippen molar-refractivity contribution in [1.82, 2.24) is 5.32 Å². The number of hydrogen-bond donors (Lipinski definition) is 2. The second kappa shape index (κ2) is 7.43. The van der Waals surface area contributed by atoms with Crippen molar-refractivity contribution >= 4 is 23.3 Å². The lowest BCUT2D eigenvalue weighted by atomic mass is 9.92. The van der Waals surface area contributed by atoms with Crippen molar-refractivity contribution in [3.05, 3.63) is 59.7 Å². The van der Waals surface area contributed by atoms with Crippen LogP contribution in [0.2, 0.25) is 0 Å². The van der Waals surface area contributed by atoms with Crippen molar-refractivity contribution < 1.29 is 9.59 Å². The van der Waals surface area contributed by atoms with Gasteiger partial charge < -0.3 is 15.5 Å². The maximum atomic E-state index is 12.8. The fourth-order valence-electron chi connectivity index (χ4n) is 3.32. The maximum absolute atomic E-state index is 12.8. The standard InChI is InChI=1S/C22H27N3O2/c1-15-12-17-13-18(23-21(27)24-22(2,3)4)10-11-19(17)25(20(15)26)14-16-8-6-5-7-9-16/h5-11,13,15H,12,14H2,1-4H3,(H2,23,24,27). The smallest absolute Gasteiger partial charge is 0.319 e. The zero-order valence-electron chi connectivity index (χ0n) is 16.4. The summed E-state index contributed by atoms with van der Waals surface area (Å²) in [6.07, 6.45) is 0.676. The average molecular weight is 365 g/mol. The van der Waals surface area contributed by atoms with Gasteiger partial charge in [-0.25, -0.2) is 4.79 Å². The molecule has 27 heavy (non-hydrogen) atoms. The first-order valence-electron chi connectivity index (χ1n) is 9.30. The van der Waals surface area contributed by atoms with Crippen LogP contribution in [0.3, 0.4) is 0 Å². The Kier molecular flexibility index (Phi) is 5.22. The van der Waals surface area contributed by atoms with E-state index in [0.29, 0.717) is 13.0 Å². The monoisotopic (exact) mass is 365 g/mol. The minimum absolute atomic E-state index is 0.0835. The van der Waals surface area contributed by atoms with E-state index in [2.05, 4.69) is 10.6 Å². The van der Waals surface area contributed by atoms with E-state index < -0.39 is 0 Å². The lowest BCUT2D eigenvalue weighted by molar-refractivity contribution is -0.122. The van der Waals surface area contributed by atoms with Gasteiger partial charge in [0.15, 0.2) is 0 Å². The van der Waals surface area contributed by atoms with Crippen molar-refractivity contribution in [3.8, 4) is 0 Å². The molecule has 0 fully saturated rings. The zero-order valence-corrected chi connectivity index (χ0v) is 16.4. The summed E-state index contributed by atoms with van der Waals surface area (Å²) in [5.74, 6) is 0.0531. The lowest BCUT2D eigenvalue weighted by Gasteiger charge is -2.33. The number of benzene rings is 2. The third kappa shape index (κ3) is 4.67. The predicted molar refractivity (Wildman–Crippen MR) is 109 cm³/mol. The molecule has 3 rings (SSSR count). The molecule has 3 amide bonds. The number of nitrogens with one attached hydrogen (secondary N) is 2. The molecular weight excluding hydrogens is 338 g/mol. The van der Waals surface area contributed by atoms with E-state index >= 15 is 0 Å². The Balaban J connectivity index is 1.83. The Morgan fingerprint density at radius 1 is 1.15 bits per heavy atom. The summed E-state index contributed by atoms with van der Waals surface area (Å²) in [5.41, 5.74) is 3.52. The summed E-state index contributed by atoms with van der Waals surface area (Å²) in [6.45, 7) is 8.32. The number of rotatable bonds is 3. The molecule has 0 saturated carbocycles. The van der Waals surface area contributed by atoms with Crippen LogP contribution in [-0.2, 0) is 17.8 Å². The highest BCUT2D eigenvalue weighted by Crippen LogP contribution is 2.33. The largest absolute Gasteiger partial charge is 0.333 e. The third-order valence-corrected chi connectivity index (χ3v) is 4.51. The van der Waals surface area contributed by atoms with E-state index in [1.807, 2.05) is 81.1 Å². The second-order valence-corrected chi connectivity index (χ2v) is 8.19. The molecule has 0 spiro atoms. The number of anilines is 2. The summed E-state index contributed by atoms with van der Waals surface area (Å²) < 4.78 is 0. The van der Waals surface area contributed by atoms with Crippen molar-refractivity contribution in [2.75, 3.05) is 10.2 Å². The highest BCUT2D eigenvalue weighted by Gasteiger charge is 2.30. The third-order valence-electron chi connectivity index (χ3n) is 4.51. The van der Waals surface area contributed by atoms with Crippen molar-refractivity contribution in [2.24, 2.45) is 5.92 Å². The maximum Gasteiger partial charge on any atom is 0.319 e. The van der Waals surface area contributed by atoms with E-state index in [1.54, 1.807) is 0 Å². The molecule has 5 nitrogen and oxygen atoms in total. The number of carbonyl (C=O) groups is 2. The fourth-order valence-corrected chi connectivity index (χ4v) is 3.32. The molecule has 0 bridgehead atoms. The fraction of sp³-hybridized carbons (Fsp3) is 0.364. The summed E-state index contributed by atoms with van der Waals surface area (Å²) in [4.78, 5) is 26.7. The normalized spacial score (nSPS) is 16.7. The molecular formula is C22H27N3O2. The first kappa shape index (κ1) is 19.0. The van der Waals surface area contributed by atoms with Crippen LogP contribution in [0.5, 0.6) is 0 Å². The molecule has 1 heterocycles. The zero-order chi connectivity index (χ0) is 19.6. The molecule has 2 aromatic carbocycles. The molecule has 1 aliphatic heterocycles. The Morgan fingerprint density at radius 3 is 2.52 bits per heavy atom. The number of nitrogens with zero attached hydrogens (tertiary/aromatic N) is 1. The van der Waals surface area contributed by atoms with E-state index in [1.165, 1.54) is 0 Å². The minimum atomic E-state index is -0.300. The molecule has 1 aliphatic rings. The molecule has 1 atom stereocenters. The van der Waals surface area contributed by atoms with Gasteiger partial charge in [-0.15, -0.1) is 0 Å². The van der Waals surface area contributed by atoms with Crippen LogP contribution >= 0.6 is 0 Å². The van der Waals surface area contributed by atoms with Gasteiger partial charge in [0.05, 0.1) is 6.54 Å². The highest BCUT2D eigenvalue weighted by atomic mass is 16.2. The van der Waals surface area contributed by atoms with Gasteiger partial charge in [0.1, 0.15) is 0 Å². The van der Waals surface area contributed by atoms with E-state index in [9.17, 15) is 9.59 Å². The molecule has 0 saturated heterocycles. The van der Waals surface area contributed by atoms with Crippen molar-refractivity contribution in [1.29, 1.82) is 0 Å². The molecule has 1 unspecified atom stereocenters. The van der Waals surface area contributed by atoms with Crippen LogP contribution in [0, 0.1) is 5.92 Å². The first-order valence-corrected chi connectivity index (χ1v) is 9.30. The number of amides is 3. The van der Waals surface area contributed by atoms with Crippen LogP contribution in [0.1, 0.15) is 38.8 Å². The second-order valence-electron chi connectivity index (χ2n) is 8.19. The van der Waals surface area contributed by atoms with Gasteiger partial charge in [0.25, 0.3) is 0 Å². The van der Waals surface area contributed by atoms with Gasteiger partial charge in [-0.1, -0.05) is 37.3 Å². The number of hydrogen-bond acceptors (Lipinski definition) is 2. The summed E-state index contributed by atoms with van der Waals surface area (Å²) in [5, 5.41) is 5.78. The van der Waals surface area contributed by atoms with Gasteiger partial charge in [0.2, 0.25) is 5.91 Å². The molecule has 2 N–H and O–H groups in total. The van der Waals surface area contributed by atoms with Crippen LogP contribution in [0.25, 0.3) is 0 Å². The Hall–Kier alpha value is -2.82. The highest BCUT2D eigenvalue weighted by molar-refractivity contribution is 5.98. The molecule has 0 aliphatic carbocycles. The van der Waals surface area contributed by atoms with Crippen molar-refractivity contribution in [2.45, 2.75) is 46.2 Å². The quantitative estimate of drug-likeness (QED) is 0.850. The van der Waals surface area contributed by atoms with Gasteiger partial charge in [0, 0.05) is 22.8 Å². The topological polar surface area (TPSA) is 61.4 Å². The van der Waals surface area contributed by atoms with Crippen LogP contribution < -0.4 is 15.5 Å². The number of fused-ring (bicyclic) bond motifs is 1. The van der Waals surface area contributed by atoms with Gasteiger partial charge in [-0.3, -0.25) is 4.79 Å². The molecule has 142 valence electrons. The van der Waals surface area contributed by atoms with E-state index in [4.69, 9.17) is 0 Å². The average Bonchev–Trinajstić information content (AvgIpc) is 2.58. The Labute approximate surface area is 160 Å². The molecule has 0 aromatic heterocycles. The number of carbonyl (C=O) groups excluding carboxylic acids is 2. The minimum Gasteiger partial charge on any atom is -0.333 e. The first-order chi connectivity index (χ1) is 12.7. The summed E-state index contributed by atoms with van der Waals surface area (Å²) in [7, 11) is 0. The van der Waals surface area contributed by atoms with Gasteiger partial charge in [-0.2, -0.15) is 0 Å². The van der Waals surface area contributed by atoms with Gasteiger partial charge >= 0.3 is 6.03 Å². The van der Waals surface area contributed by atoms with Crippen LogP contribution in [0.4, 0.5) is 16.2 Å². The summed E-state index contributed by atoms with van der Waals surface area (Å²) >= 11 is 0. The van der Waals surface area contributed by atoms with Crippen LogP contribution in [-0.4, -0.2) is 17.5 Å². The molecule has 2 aromatic rings. The number of urea groups is 1. The molecule has 0 radical (unpaired) electrons. The van der Waals surface area contributed by atoms with Gasteiger partial charge in [-0.05, 0) is 56.5 Å². The van der Waals surface area contributed by atoms with E-state index in [0.717, 1.165) is 22.5 Å². The van der Waals surface area contributed by atoms with Crippen LogP contribution in [0.15, 0.2) is 48.5 Å². The van der Waals surface area contributed by atoms with E-state index in [-0.39, 0.29) is 23.4 Å². The Morgan fingerprint density at radius 2 is 1.85 bits per heavy atom.